The Balaban J connectivity index is 1.47. The lowest BCUT2D eigenvalue weighted by atomic mass is 10.2. The zero-order chi connectivity index (χ0) is 24.2. The molecule has 0 aliphatic rings. The molecule has 0 aromatic heterocycles. The fourth-order valence-corrected chi connectivity index (χ4v) is 3.93. The van der Waals surface area contributed by atoms with E-state index in [1.807, 2.05) is 24.3 Å². The molecule has 0 aliphatic carbocycles. The maximum Gasteiger partial charge on any atom is 0.262 e. The van der Waals surface area contributed by atoms with Crippen LogP contribution >= 0.6 is 11.8 Å². The number of hydrogen-bond donors (Lipinski definition) is 2. The van der Waals surface area contributed by atoms with E-state index in [2.05, 4.69) is 22.8 Å². The Labute approximate surface area is 203 Å². The summed E-state index contributed by atoms with van der Waals surface area (Å²) in [6, 6.07) is 22.2. The summed E-state index contributed by atoms with van der Waals surface area (Å²) in [6.45, 7) is 0.332. The van der Waals surface area contributed by atoms with Crippen molar-refractivity contribution in [3.05, 3.63) is 83.9 Å². The third kappa shape index (κ3) is 7.45. The minimum atomic E-state index is -0.346. The van der Waals surface area contributed by atoms with Crippen LogP contribution in [0.4, 0.5) is 5.69 Å². The zero-order valence-corrected chi connectivity index (χ0v) is 20.0. The van der Waals surface area contributed by atoms with Crippen LogP contribution in [0.15, 0.2) is 72.8 Å². The molecule has 0 saturated carbocycles. The summed E-state index contributed by atoms with van der Waals surface area (Å²) in [5, 5.41) is 5.66. The van der Waals surface area contributed by atoms with Gasteiger partial charge < -0.3 is 24.8 Å². The molecule has 0 bridgehead atoms. The molecule has 34 heavy (non-hydrogen) atoms. The lowest BCUT2D eigenvalue weighted by molar-refractivity contribution is -0.118. The molecule has 2 amide bonds. The number of carbonyl (C=O) groups excluding carboxylic acids is 2. The van der Waals surface area contributed by atoms with Crippen LogP contribution in [0.25, 0.3) is 0 Å². The van der Waals surface area contributed by atoms with Gasteiger partial charge in [-0.1, -0.05) is 42.5 Å². The Morgan fingerprint density at radius 2 is 1.59 bits per heavy atom. The Kier molecular flexibility index (Phi) is 9.66. The molecule has 0 heterocycles. The number of nitrogens with one attached hydrogen (secondary N) is 2. The van der Waals surface area contributed by atoms with Gasteiger partial charge in [-0.15, -0.1) is 0 Å². The van der Waals surface area contributed by atoms with Crippen molar-refractivity contribution in [3.63, 3.8) is 0 Å². The van der Waals surface area contributed by atoms with Gasteiger partial charge in [-0.2, -0.15) is 11.8 Å². The normalized spacial score (nSPS) is 10.3. The molecular weight excluding hydrogens is 452 g/mol. The second kappa shape index (κ2) is 13.2. The first-order chi connectivity index (χ1) is 16.6. The van der Waals surface area contributed by atoms with Gasteiger partial charge in [0.05, 0.1) is 19.9 Å². The third-order valence-electron chi connectivity index (χ3n) is 4.81. The first kappa shape index (κ1) is 25.0. The minimum absolute atomic E-state index is 0.195. The maximum absolute atomic E-state index is 12.5. The molecule has 3 rings (SSSR count). The Bertz CT molecular complexity index is 1090. The van der Waals surface area contributed by atoms with Crippen molar-refractivity contribution in [3.8, 4) is 17.2 Å². The quantitative estimate of drug-likeness (QED) is 0.374. The fraction of sp³-hybridized carbons (Fsp3) is 0.231. The maximum atomic E-state index is 12.5. The van der Waals surface area contributed by atoms with Gasteiger partial charge in [-0.25, -0.2) is 0 Å². The number of amides is 2. The highest BCUT2D eigenvalue weighted by Gasteiger charge is 2.13. The predicted molar refractivity (Wildman–Crippen MR) is 135 cm³/mol. The van der Waals surface area contributed by atoms with E-state index in [9.17, 15) is 9.59 Å². The summed E-state index contributed by atoms with van der Waals surface area (Å²) in [6.07, 6.45) is 0. The van der Waals surface area contributed by atoms with Gasteiger partial charge in [-0.05, 0) is 35.9 Å². The summed E-state index contributed by atoms with van der Waals surface area (Å²) in [5.41, 5.74) is 2.27. The van der Waals surface area contributed by atoms with E-state index in [4.69, 9.17) is 14.2 Å². The summed E-state index contributed by atoms with van der Waals surface area (Å²) in [7, 11) is 3.02. The number of methoxy groups -OCH3 is 2. The molecule has 0 saturated heterocycles. The number of para-hydroxylation sites is 2. The van der Waals surface area contributed by atoms with Crippen molar-refractivity contribution in [1.82, 2.24) is 5.32 Å². The third-order valence-corrected chi connectivity index (χ3v) is 5.84. The van der Waals surface area contributed by atoms with Crippen LogP contribution in [0, 0.1) is 0 Å². The lowest BCUT2D eigenvalue weighted by Gasteiger charge is -2.13. The number of hydrogen-bond acceptors (Lipinski definition) is 6. The van der Waals surface area contributed by atoms with Crippen molar-refractivity contribution in [1.29, 1.82) is 0 Å². The van der Waals surface area contributed by atoms with E-state index < -0.39 is 0 Å². The lowest BCUT2D eigenvalue weighted by Crippen LogP contribution is -2.25. The summed E-state index contributed by atoms with van der Waals surface area (Å²) in [4.78, 5) is 24.8. The van der Waals surface area contributed by atoms with Crippen molar-refractivity contribution < 1.29 is 23.8 Å². The van der Waals surface area contributed by atoms with E-state index >= 15 is 0 Å². The van der Waals surface area contributed by atoms with Crippen LogP contribution in [0.2, 0.25) is 0 Å². The monoisotopic (exact) mass is 480 g/mol. The Hall–Kier alpha value is -3.65. The van der Waals surface area contributed by atoms with Gasteiger partial charge in [0.2, 0.25) is 0 Å². The number of rotatable bonds is 12. The Morgan fingerprint density at radius 3 is 2.35 bits per heavy atom. The van der Waals surface area contributed by atoms with Gasteiger partial charge in [0, 0.05) is 23.6 Å². The highest BCUT2D eigenvalue weighted by molar-refractivity contribution is 7.98. The van der Waals surface area contributed by atoms with Crippen LogP contribution < -0.4 is 24.8 Å². The molecule has 178 valence electrons. The van der Waals surface area contributed by atoms with E-state index in [0.717, 1.165) is 11.5 Å². The first-order valence-electron chi connectivity index (χ1n) is 10.7. The molecule has 3 aromatic carbocycles. The van der Waals surface area contributed by atoms with Crippen molar-refractivity contribution in [2.24, 2.45) is 0 Å². The summed E-state index contributed by atoms with van der Waals surface area (Å²) < 4.78 is 16.2. The highest BCUT2D eigenvalue weighted by Crippen LogP contribution is 2.28. The van der Waals surface area contributed by atoms with E-state index in [0.29, 0.717) is 35.0 Å². The van der Waals surface area contributed by atoms with Crippen LogP contribution in [0.1, 0.15) is 15.9 Å². The molecule has 0 aliphatic heterocycles. The molecule has 0 radical (unpaired) electrons. The average molecular weight is 481 g/mol. The molecule has 2 N–H and O–H groups in total. The molecule has 7 nitrogen and oxygen atoms in total. The topological polar surface area (TPSA) is 85.9 Å². The number of ether oxygens (including phenoxy) is 3. The molecule has 0 atom stereocenters. The molecule has 3 aromatic rings. The van der Waals surface area contributed by atoms with Crippen LogP contribution in [0.3, 0.4) is 0 Å². The van der Waals surface area contributed by atoms with E-state index in [1.165, 1.54) is 19.8 Å². The van der Waals surface area contributed by atoms with E-state index in [1.54, 1.807) is 48.2 Å². The van der Waals surface area contributed by atoms with Crippen LogP contribution in [0.5, 0.6) is 17.2 Å². The second-order valence-corrected chi connectivity index (χ2v) is 8.30. The average Bonchev–Trinajstić information content (AvgIpc) is 2.88. The molecule has 0 fully saturated rings. The summed E-state index contributed by atoms with van der Waals surface area (Å²) >= 11 is 1.76. The Morgan fingerprint density at radius 1 is 0.853 bits per heavy atom. The first-order valence-corrected chi connectivity index (χ1v) is 11.9. The molecule has 0 spiro atoms. The van der Waals surface area contributed by atoms with Gasteiger partial charge in [0.15, 0.2) is 18.1 Å². The number of carbonyl (C=O) groups is 2. The minimum Gasteiger partial charge on any atom is -0.495 e. The molecular formula is C26H28N2O5S. The van der Waals surface area contributed by atoms with Crippen LogP contribution in [-0.2, 0) is 10.5 Å². The number of anilines is 1. The van der Waals surface area contributed by atoms with Gasteiger partial charge >= 0.3 is 0 Å². The predicted octanol–water partition coefficient (Wildman–Crippen LogP) is 4.38. The van der Waals surface area contributed by atoms with Gasteiger partial charge in [0.1, 0.15) is 5.75 Å². The summed E-state index contributed by atoms with van der Waals surface area (Å²) in [5.74, 6) is 2.47. The van der Waals surface area contributed by atoms with Crippen LogP contribution in [-0.4, -0.2) is 44.9 Å². The van der Waals surface area contributed by atoms with Crippen molar-refractivity contribution >= 4 is 29.3 Å². The SMILES string of the molecule is COc1ccccc1NC(=O)COc1ccc(C(=O)NCCSCc2ccccc2)cc1OC. The number of thioether (sulfide) groups is 1. The molecule has 0 unspecified atom stereocenters. The number of benzene rings is 3. The highest BCUT2D eigenvalue weighted by atomic mass is 32.2. The van der Waals surface area contributed by atoms with Crippen molar-refractivity contribution in [2.75, 3.05) is 38.4 Å². The van der Waals surface area contributed by atoms with E-state index in [-0.39, 0.29) is 18.4 Å². The smallest absolute Gasteiger partial charge is 0.262 e. The standard InChI is InChI=1S/C26H28N2O5S/c1-31-22-11-7-6-10-21(22)28-25(29)17-33-23-13-12-20(16-24(23)32-2)26(30)27-14-15-34-18-19-8-4-3-5-9-19/h3-13,16H,14-15,17-18H2,1-2H3,(H,27,30)(H,28,29). The van der Waals surface area contributed by atoms with Gasteiger partial charge in [0.25, 0.3) is 11.8 Å². The largest absolute Gasteiger partial charge is 0.495 e. The fourth-order valence-electron chi connectivity index (χ4n) is 3.11. The van der Waals surface area contributed by atoms with Gasteiger partial charge in [-0.3, -0.25) is 9.59 Å². The zero-order valence-electron chi connectivity index (χ0n) is 19.2. The second-order valence-electron chi connectivity index (χ2n) is 7.20. The van der Waals surface area contributed by atoms with Crippen molar-refractivity contribution in [2.45, 2.75) is 5.75 Å². The molecule has 8 heteroatoms.